The van der Waals surface area contributed by atoms with Crippen LogP contribution in [-0.2, 0) is 0 Å². The van der Waals surface area contributed by atoms with Gasteiger partial charge in [-0.05, 0) is 6.92 Å². The first kappa shape index (κ1) is 7.52. The maximum Gasteiger partial charge on any atom is 0.0692 e. The van der Waals surface area contributed by atoms with Gasteiger partial charge in [0.25, 0.3) is 0 Å². The number of alkyl halides is 1. The molecule has 0 radical (unpaired) electrons. The summed E-state index contributed by atoms with van der Waals surface area (Å²) >= 11 is 5.49. The second-order valence-electron chi connectivity index (χ2n) is 1.52. The van der Waals surface area contributed by atoms with Crippen molar-refractivity contribution in [3.8, 4) is 12.3 Å². The number of hydrogen-bond acceptors (Lipinski definition) is 1. The highest BCUT2D eigenvalue weighted by Crippen LogP contribution is 1.97. The van der Waals surface area contributed by atoms with E-state index in [9.17, 15) is 0 Å². The Hall–Kier alpha value is -0.480. The van der Waals surface area contributed by atoms with Gasteiger partial charge in [0, 0.05) is 12.1 Å². The fourth-order valence-corrected chi connectivity index (χ4v) is 0.328. The van der Waals surface area contributed by atoms with Crippen LogP contribution in [0.3, 0.4) is 0 Å². The second kappa shape index (κ2) is 3.51. The number of halogens is 1. The molecule has 0 saturated carbocycles. The second-order valence-corrected chi connectivity index (χ2v) is 2.18. The van der Waals surface area contributed by atoms with E-state index in [0.717, 1.165) is 0 Å². The van der Waals surface area contributed by atoms with Gasteiger partial charge in [0.05, 0.1) is 5.38 Å². The molecule has 0 aliphatic carbocycles. The first-order valence-electron chi connectivity index (χ1n) is 2.33. The van der Waals surface area contributed by atoms with Crippen LogP contribution in [0, 0.1) is 17.8 Å². The molecule has 1 unspecified atom stereocenters. The molecule has 0 fully saturated rings. The Morgan fingerprint density at radius 2 is 2.50 bits per heavy atom. The maximum absolute atomic E-state index is 7.07. The van der Waals surface area contributed by atoms with Gasteiger partial charge in [-0.15, -0.1) is 23.9 Å². The average Bonchev–Trinajstić information content (AvgIpc) is 1.67. The summed E-state index contributed by atoms with van der Waals surface area (Å²) in [7, 11) is 0. The minimum Gasteiger partial charge on any atom is -0.307 e. The number of terminal acetylenes is 1. The Bertz CT molecular complexity index is 121. The van der Waals surface area contributed by atoms with Crippen LogP contribution in [0.4, 0.5) is 0 Å². The zero-order valence-corrected chi connectivity index (χ0v) is 5.50. The van der Waals surface area contributed by atoms with Crippen LogP contribution in [0.15, 0.2) is 0 Å². The average molecular weight is 130 g/mol. The molecular formula is C6H8ClN. The highest BCUT2D eigenvalue weighted by atomic mass is 35.5. The number of nitrogens with one attached hydrogen (secondary N) is 1. The monoisotopic (exact) mass is 129 g/mol. The molecule has 0 saturated heterocycles. The molecule has 1 N–H and O–H groups in total. The van der Waals surface area contributed by atoms with Gasteiger partial charge in [-0.25, -0.2) is 0 Å². The maximum atomic E-state index is 7.07. The zero-order chi connectivity index (χ0) is 6.57. The summed E-state index contributed by atoms with van der Waals surface area (Å²) in [6, 6.07) is 0. The lowest BCUT2D eigenvalue weighted by molar-refractivity contribution is 1.20. The van der Waals surface area contributed by atoms with Crippen LogP contribution in [-0.4, -0.2) is 11.1 Å². The van der Waals surface area contributed by atoms with E-state index in [1.165, 1.54) is 0 Å². The molecule has 0 aromatic carbocycles. The first-order valence-corrected chi connectivity index (χ1v) is 2.77. The van der Waals surface area contributed by atoms with Crippen LogP contribution < -0.4 is 0 Å². The van der Waals surface area contributed by atoms with E-state index >= 15 is 0 Å². The highest BCUT2D eigenvalue weighted by Gasteiger charge is 2.00. The van der Waals surface area contributed by atoms with Gasteiger partial charge in [0.1, 0.15) is 0 Å². The molecular weight excluding hydrogens is 122 g/mol. The van der Waals surface area contributed by atoms with E-state index in [-0.39, 0.29) is 5.38 Å². The van der Waals surface area contributed by atoms with Crippen molar-refractivity contribution in [1.82, 2.24) is 0 Å². The lowest BCUT2D eigenvalue weighted by Gasteiger charge is -1.97. The summed E-state index contributed by atoms with van der Waals surface area (Å²) in [4.78, 5) is 0. The van der Waals surface area contributed by atoms with E-state index in [1.54, 1.807) is 6.92 Å². The molecule has 0 spiro atoms. The van der Waals surface area contributed by atoms with Crippen LogP contribution in [0.25, 0.3) is 0 Å². The molecule has 0 aliphatic rings. The molecule has 0 rings (SSSR count). The molecule has 0 aromatic rings. The quantitative estimate of drug-likeness (QED) is 0.333. The number of rotatable bonds is 2. The van der Waals surface area contributed by atoms with Crippen molar-refractivity contribution in [1.29, 1.82) is 5.41 Å². The van der Waals surface area contributed by atoms with E-state index in [4.69, 9.17) is 23.4 Å². The third-order valence-corrected chi connectivity index (χ3v) is 1.04. The summed E-state index contributed by atoms with van der Waals surface area (Å²) in [6.07, 6.45) is 5.28. The molecule has 8 heavy (non-hydrogen) atoms. The van der Waals surface area contributed by atoms with Crippen molar-refractivity contribution in [3.05, 3.63) is 0 Å². The molecule has 0 aliphatic heterocycles. The molecule has 0 heterocycles. The highest BCUT2D eigenvalue weighted by molar-refractivity contribution is 6.31. The fourth-order valence-electron chi connectivity index (χ4n) is 0.251. The van der Waals surface area contributed by atoms with Crippen LogP contribution in [0.2, 0.25) is 0 Å². The van der Waals surface area contributed by atoms with E-state index in [1.807, 2.05) is 0 Å². The minimum atomic E-state index is -0.217. The van der Waals surface area contributed by atoms with Gasteiger partial charge >= 0.3 is 0 Å². The number of hydrogen-bond donors (Lipinski definition) is 1. The van der Waals surface area contributed by atoms with Crippen LogP contribution >= 0.6 is 11.6 Å². The summed E-state index contributed by atoms with van der Waals surface area (Å²) in [5, 5.41) is 6.85. The Balaban J connectivity index is 3.53. The van der Waals surface area contributed by atoms with Gasteiger partial charge in [-0.3, -0.25) is 0 Å². The zero-order valence-electron chi connectivity index (χ0n) is 4.74. The Morgan fingerprint density at radius 1 is 2.00 bits per heavy atom. The fraction of sp³-hybridized carbons (Fsp3) is 0.500. The molecule has 0 amide bonds. The summed E-state index contributed by atoms with van der Waals surface area (Å²) in [6.45, 7) is 1.74. The summed E-state index contributed by atoms with van der Waals surface area (Å²) < 4.78 is 0. The van der Waals surface area contributed by atoms with Crippen LogP contribution in [0.1, 0.15) is 13.3 Å². The normalized spacial score (nSPS) is 12.1. The smallest absolute Gasteiger partial charge is 0.0692 e. The van der Waals surface area contributed by atoms with E-state index < -0.39 is 0 Å². The third-order valence-electron chi connectivity index (χ3n) is 0.773. The Morgan fingerprint density at radius 3 is 2.62 bits per heavy atom. The molecule has 1 atom stereocenters. The lowest BCUT2D eigenvalue weighted by atomic mass is 10.2. The summed E-state index contributed by atoms with van der Waals surface area (Å²) in [5.74, 6) is 2.34. The third kappa shape index (κ3) is 2.65. The molecule has 2 heteroatoms. The van der Waals surface area contributed by atoms with E-state index in [2.05, 4.69) is 5.92 Å². The van der Waals surface area contributed by atoms with Crippen molar-refractivity contribution in [3.63, 3.8) is 0 Å². The lowest BCUT2D eigenvalue weighted by Crippen LogP contribution is -2.06. The van der Waals surface area contributed by atoms with Crippen molar-refractivity contribution in [2.75, 3.05) is 0 Å². The van der Waals surface area contributed by atoms with Crippen molar-refractivity contribution in [2.24, 2.45) is 0 Å². The molecule has 44 valence electrons. The Labute approximate surface area is 54.6 Å². The minimum absolute atomic E-state index is 0.217. The molecule has 0 bridgehead atoms. The first-order chi connectivity index (χ1) is 3.68. The van der Waals surface area contributed by atoms with E-state index in [0.29, 0.717) is 12.1 Å². The van der Waals surface area contributed by atoms with Gasteiger partial charge in [-0.1, -0.05) is 0 Å². The predicted octanol–water partition coefficient (Wildman–Crippen LogP) is 1.66. The molecule has 1 nitrogen and oxygen atoms in total. The van der Waals surface area contributed by atoms with Crippen molar-refractivity contribution < 1.29 is 0 Å². The van der Waals surface area contributed by atoms with Crippen LogP contribution in [0.5, 0.6) is 0 Å². The standard InChI is InChI=1S/C6H8ClN/c1-3-4-6(8)5(2)7/h1,5,8H,4H2,2H3. The summed E-state index contributed by atoms with van der Waals surface area (Å²) in [5.41, 5.74) is 0.411. The SMILES string of the molecule is C#CCC(=N)C(C)Cl. The topological polar surface area (TPSA) is 23.9 Å². The van der Waals surface area contributed by atoms with Gasteiger partial charge in [0.2, 0.25) is 0 Å². The van der Waals surface area contributed by atoms with Gasteiger partial charge in [0.15, 0.2) is 0 Å². The van der Waals surface area contributed by atoms with Crippen molar-refractivity contribution >= 4 is 17.3 Å². The van der Waals surface area contributed by atoms with Gasteiger partial charge in [-0.2, -0.15) is 0 Å². The Kier molecular flexibility index (Phi) is 3.30. The predicted molar refractivity (Wildman–Crippen MR) is 36.5 cm³/mol. The van der Waals surface area contributed by atoms with Gasteiger partial charge < -0.3 is 5.41 Å². The largest absolute Gasteiger partial charge is 0.307 e. The molecule has 0 aromatic heterocycles. The van der Waals surface area contributed by atoms with Crippen molar-refractivity contribution in [2.45, 2.75) is 18.7 Å².